The summed E-state index contributed by atoms with van der Waals surface area (Å²) in [6, 6.07) is 2.78. The molecule has 2 aromatic rings. The van der Waals surface area contributed by atoms with Gasteiger partial charge in [-0.1, -0.05) is 23.2 Å². The molecule has 0 radical (unpaired) electrons. The van der Waals surface area contributed by atoms with E-state index in [-0.39, 0.29) is 28.0 Å². The van der Waals surface area contributed by atoms with Gasteiger partial charge >= 0.3 is 12.2 Å². The van der Waals surface area contributed by atoms with E-state index in [1.807, 2.05) is 0 Å². The molecule has 0 saturated heterocycles. The molecule has 12 heteroatoms. The number of rotatable bonds is 5. The number of nitrogens with one attached hydrogen (secondary N) is 2. The highest BCUT2D eigenvalue weighted by Crippen LogP contribution is 2.39. The Labute approximate surface area is 171 Å². The third-order valence-electron chi connectivity index (χ3n) is 3.77. The highest BCUT2D eigenvalue weighted by molar-refractivity contribution is 6.39. The van der Waals surface area contributed by atoms with Gasteiger partial charge in [0.25, 0.3) is 5.92 Å². The number of alkyl halides is 5. The fourth-order valence-electron chi connectivity index (χ4n) is 2.15. The summed E-state index contributed by atoms with van der Waals surface area (Å²) in [4.78, 5) is 15.6. The maximum absolute atomic E-state index is 13.9. The molecule has 2 amide bonds. The molecule has 0 aliphatic heterocycles. The van der Waals surface area contributed by atoms with Gasteiger partial charge in [-0.05, 0) is 31.2 Å². The molecule has 0 fully saturated rings. The molecule has 0 bridgehead atoms. The molecular weight excluding hydrogens is 444 g/mol. The van der Waals surface area contributed by atoms with Crippen LogP contribution in [0.1, 0.15) is 23.7 Å². The van der Waals surface area contributed by atoms with Gasteiger partial charge in [-0.2, -0.15) is 22.0 Å². The van der Waals surface area contributed by atoms with Crippen molar-refractivity contribution < 1.29 is 31.9 Å². The summed E-state index contributed by atoms with van der Waals surface area (Å²) in [6.07, 6.45) is -5.89. The van der Waals surface area contributed by atoms with Gasteiger partial charge in [-0.15, -0.1) is 0 Å². The van der Waals surface area contributed by atoms with Crippen molar-refractivity contribution >= 4 is 34.9 Å². The van der Waals surface area contributed by atoms with Gasteiger partial charge in [0.05, 0.1) is 33.5 Å². The number of carbonyl (C=O) groups is 1. The molecule has 2 rings (SSSR count). The smallest absolute Gasteiger partial charge is 0.387 e. The number of urea groups is 1. The minimum Gasteiger partial charge on any atom is -0.387 e. The molecule has 1 atom stereocenters. The number of carbonyl (C=O) groups excluding carboxylic acids is 1. The van der Waals surface area contributed by atoms with Crippen LogP contribution in [0, 0.1) is 0 Å². The summed E-state index contributed by atoms with van der Waals surface area (Å²) in [7, 11) is 0. The van der Waals surface area contributed by atoms with Crippen molar-refractivity contribution in [3.63, 3.8) is 0 Å². The van der Waals surface area contributed by atoms with E-state index >= 15 is 0 Å². The molecule has 0 saturated carbocycles. The number of benzene rings is 1. The summed E-state index contributed by atoms with van der Waals surface area (Å²) >= 11 is 11.8. The number of pyridine rings is 1. The van der Waals surface area contributed by atoms with Crippen molar-refractivity contribution in [1.82, 2.24) is 10.3 Å². The maximum Gasteiger partial charge on any atom is 0.417 e. The van der Waals surface area contributed by atoms with Gasteiger partial charge in [0.15, 0.2) is 0 Å². The summed E-state index contributed by atoms with van der Waals surface area (Å²) in [5.74, 6) is -3.61. The van der Waals surface area contributed by atoms with Gasteiger partial charge in [0.2, 0.25) is 0 Å². The number of hydrogen-bond acceptors (Lipinski definition) is 3. The lowest BCUT2D eigenvalue weighted by Gasteiger charge is -2.21. The fourth-order valence-corrected chi connectivity index (χ4v) is 2.73. The van der Waals surface area contributed by atoms with Crippen LogP contribution in [0.3, 0.4) is 0 Å². The van der Waals surface area contributed by atoms with Crippen LogP contribution in [0.2, 0.25) is 10.0 Å². The van der Waals surface area contributed by atoms with Crippen LogP contribution in [-0.4, -0.2) is 22.2 Å². The Balaban J connectivity index is 2.05. The van der Waals surface area contributed by atoms with Crippen LogP contribution in [0.5, 0.6) is 0 Å². The Morgan fingerprint density at radius 1 is 1.14 bits per heavy atom. The van der Waals surface area contributed by atoms with Gasteiger partial charge in [0, 0.05) is 11.8 Å². The van der Waals surface area contributed by atoms with Gasteiger partial charge in [-0.25, -0.2) is 4.79 Å². The normalized spacial score (nSPS) is 13.1. The van der Waals surface area contributed by atoms with Crippen LogP contribution >= 0.6 is 23.2 Å². The zero-order chi connectivity index (χ0) is 22.0. The Morgan fingerprint density at radius 3 is 2.17 bits per heavy atom. The predicted molar refractivity (Wildman–Crippen MR) is 97.1 cm³/mol. The molecule has 3 N–H and O–H groups in total. The second kappa shape index (κ2) is 8.68. The molecule has 5 nitrogen and oxygen atoms in total. The molecule has 29 heavy (non-hydrogen) atoms. The number of hydrogen-bond donors (Lipinski definition) is 3. The number of aliphatic hydroxyl groups excluding tert-OH is 1. The Hall–Kier alpha value is -2.17. The summed E-state index contributed by atoms with van der Waals surface area (Å²) in [5, 5.41) is 13.2. The van der Waals surface area contributed by atoms with E-state index in [1.165, 1.54) is 0 Å². The van der Waals surface area contributed by atoms with Crippen LogP contribution in [-0.2, 0) is 18.6 Å². The van der Waals surface area contributed by atoms with Crippen molar-refractivity contribution in [2.24, 2.45) is 0 Å². The van der Waals surface area contributed by atoms with Crippen LogP contribution in [0.25, 0.3) is 0 Å². The number of amides is 2. The van der Waals surface area contributed by atoms with Crippen molar-refractivity contribution in [2.75, 3.05) is 5.32 Å². The Kier molecular flexibility index (Phi) is 6.92. The second-order valence-electron chi connectivity index (χ2n) is 5.96. The molecule has 0 aliphatic carbocycles. The summed E-state index contributed by atoms with van der Waals surface area (Å²) < 4.78 is 65.3. The lowest BCUT2D eigenvalue weighted by molar-refractivity contribution is -0.137. The van der Waals surface area contributed by atoms with Gasteiger partial charge < -0.3 is 15.7 Å². The first kappa shape index (κ1) is 23.1. The number of nitrogens with zero attached hydrogens (tertiary/aromatic N) is 1. The van der Waals surface area contributed by atoms with Crippen molar-refractivity contribution in [2.45, 2.75) is 31.7 Å². The van der Waals surface area contributed by atoms with E-state index in [9.17, 15) is 31.9 Å². The highest BCUT2D eigenvalue weighted by atomic mass is 35.5. The predicted octanol–water partition coefficient (Wildman–Crippen LogP) is 5.20. The Bertz CT molecular complexity index is 867. The van der Waals surface area contributed by atoms with Crippen LogP contribution in [0.4, 0.5) is 32.4 Å². The number of aromatic nitrogens is 1. The SMILES string of the molecule is CC(O)C(F)(F)c1cc(Cl)c(NC(=O)NCc2ccc(C(F)(F)F)cn2)c(Cl)c1. The molecule has 1 unspecified atom stereocenters. The molecular formula is C17H14Cl2F5N3O2. The quantitative estimate of drug-likeness (QED) is 0.540. The number of halogens is 7. The second-order valence-corrected chi connectivity index (χ2v) is 6.77. The third kappa shape index (κ3) is 5.68. The van der Waals surface area contributed by atoms with E-state index in [1.54, 1.807) is 0 Å². The zero-order valence-electron chi connectivity index (χ0n) is 14.6. The number of aliphatic hydroxyl groups is 1. The molecule has 158 valence electrons. The first-order chi connectivity index (χ1) is 13.3. The topological polar surface area (TPSA) is 74.2 Å². The average Bonchev–Trinajstić information content (AvgIpc) is 2.62. The molecule has 0 spiro atoms. The van der Waals surface area contributed by atoms with Crippen LogP contribution in [0.15, 0.2) is 30.5 Å². The molecule has 1 aromatic heterocycles. The lowest BCUT2D eigenvalue weighted by Crippen LogP contribution is -2.30. The third-order valence-corrected chi connectivity index (χ3v) is 4.37. The first-order valence-electron chi connectivity index (χ1n) is 7.94. The van der Waals surface area contributed by atoms with Crippen molar-refractivity contribution in [3.05, 3.63) is 57.3 Å². The van der Waals surface area contributed by atoms with Crippen molar-refractivity contribution in [3.8, 4) is 0 Å². The van der Waals surface area contributed by atoms with E-state index in [4.69, 9.17) is 23.2 Å². The summed E-state index contributed by atoms with van der Waals surface area (Å²) in [6.45, 7) is 0.689. The maximum atomic E-state index is 13.9. The van der Waals surface area contributed by atoms with E-state index in [0.717, 1.165) is 31.2 Å². The van der Waals surface area contributed by atoms with Gasteiger partial charge in [0.1, 0.15) is 6.10 Å². The molecule has 1 heterocycles. The standard InChI is InChI=1S/C17H14Cl2F5N3O2/c1-8(28)16(20,21)10-4-12(18)14(13(19)5-10)27-15(29)26-7-11-3-2-9(6-25-11)17(22,23)24/h2-6,8,28H,7H2,1H3,(H2,26,27,29). The molecule has 0 aliphatic rings. The van der Waals surface area contributed by atoms with Gasteiger partial charge in [-0.3, -0.25) is 4.98 Å². The van der Waals surface area contributed by atoms with E-state index < -0.39 is 35.4 Å². The van der Waals surface area contributed by atoms with E-state index in [2.05, 4.69) is 15.6 Å². The van der Waals surface area contributed by atoms with Crippen LogP contribution < -0.4 is 10.6 Å². The van der Waals surface area contributed by atoms with E-state index in [0.29, 0.717) is 6.20 Å². The fraction of sp³-hybridized carbons (Fsp3) is 0.294. The monoisotopic (exact) mass is 457 g/mol. The minimum atomic E-state index is -4.53. The summed E-state index contributed by atoms with van der Waals surface area (Å²) in [5.41, 5.74) is -1.57. The van der Waals surface area contributed by atoms with Crippen molar-refractivity contribution in [1.29, 1.82) is 0 Å². The highest BCUT2D eigenvalue weighted by Gasteiger charge is 2.38. The Morgan fingerprint density at radius 2 is 1.72 bits per heavy atom. The number of anilines is 1. The first-order valence-corrected chi connectivity index (χ1v) is 8.70. The average molecular weight is 458 g/mol. The zero-order valence-corrected chi connectivity index (χ0v) is 16.1. The minimum absolute atomic E-state index is 0.150. The largest absolute Gasteiger partial charge is 0.417 e. The molecule has 1 aromatic carbocycles. The lowest BCUT2D eigenvalue weighted by atomic mass is 10.0.